The summed E-state index contributed by atoms with van der Waals surface area (Å²) < 4.78 is 4.84. The highest BCUT2D eigenvalue weighted by atomic mass is 35.5. The first-order valence-electron chi connectivity index (χ1n) is 3.42. The number of methoxy groups -OCH3 is 1. The van der Waals surface area contributed by atoms with E-state index in [0.29, 0.717) is 0 Å². The van der Waals surface area contributed by atoms with Crippen molar-refractivity contribution in [2.45, 2.75) is 0 Å². The van der Waals surface area contributed by atoms with E-state index in [1.807, 2.05) is 0 Å². The minimum Gasteiger partial charge on any atom is -0.495 e. The Kier molecular flexibility index (Phi) is 2.63. The van der Waals surface area contributed by atoms with E-state index in [9.17, 15) is 4.79 Å². The van der Waals surface area contributed by atoms with Gasteiger partial charge in [0.05, 0.1) is 18.4 Å². The number of carboxylic acid groups (broad SMARTS) is 1. The van der Waals surface area contributed by atoms with Crippen molar-refractivity contribution in [3.8, 4) is 5.75 Å². The van der Waals surface area contributed by atoms with Crippen LogP contribution in [0.25, 0.3) is 0 Å². The van der Waals surface area contributed by atoms with Crippen LogP contribution in [0.15, 0.2) is 12.1 Å². The maximum Gasteiger partial charge on any atom is 0.335 e. The Morgan fingerprint density at radius 1 is 1.62 bits per heavy atom. The number of benzene rings is 1. The van der Waals surface area contributed by atoms with Crippen LogP contribution in [0.3, 0.4) is 0 Å². The summed E-state index contributed by atoms with van der Waals surface area (Å²) in [6.45, 7) is 0. The van der Waals surface area contributed by atoms with Gasteiger partial charge in [0.1, 0.15) is 10.8 Å². The molecule has 0 aliphatic carbocycles. The number of hydrogen-bond acceptors (Lipinski definition) is 3. The van der Waals surface area contributed by atoms with Crippen LogP contribution in [-0.4, -0.2) is 18.2 Å². The molecule has 0 atom stereocenters. The molecular formula is C8H8ClNO3. The topological polar surface area (TPSA) is 72.5 Å². The van der Waals surface area contributed by atoms with Crippen LogP contribution in [0.4, 0.5) is 5.69 Å². The lowest BCUT2D eigenvalue weighted by Gasteiger charge is -2.06. The lowest BCUT2D eigenvalue weighted by molar-refractivity contribution is 0.0696. The molecule has 0 aromatic heterocycles. The maximum atomic E-state index is 10.6. The second-order valence-corrected chi connectivity index (χ2v) is 2.76. The Hall–Kier alpha value is -1.42. The van der Waals surface area contributed by atoms with E-state index in [1.54, 1.807) is 0 Å². The molecule has 1 rings (SSSR count). The second kappa shape index (κ2) is 3.53. The van der Waals surface area contributed by atoms with Gasteiger partial charge in [-0.05, 0) is 12.1 Å². The van der Waals surface area contributed by atoms with Crippen molar-refractivity contribution in [1.29, 1.82) is 0 Å². The highest BCUT2D eigenvalue weighted by molar-refractivity contribution is 6.34. The first-order valence-corrected chi connectivity index (χ1v) is 3.80. The monoisotopic (exact) mass is 201 g/mol. The highest BCUT2D eigenvalue weighted by Crippen LogP contribution is 2.31. The van der Waals surface area contributed by atoms with E-state index in [1.165, 1.54) is 19.2 Å². The van der Waals surface area contributed by atoms with Crippen LogP contribution in [-0.2, 0) is 0 Å². The third kappa shape index (κ3) is 1.84. The zero-order valence-corrected chi connectivity index (χ0v) is 7.63. The molecule has 0 unspecified atom stereocenters. The number of halogens is 1. The molecular weight excluding hydrogens is 194 g/mol. The summed E-state index contributed by atoms with van der Waals surface area (Å²) >= 11 is 5.73. The fraction of sp³-hybridized carbons (Fsp3) is 0.125. The lowest BCUT2D eigenvalue weighted by atomic mass is 10.2. The molecule has 3 N–H and O–H groups in total. The van der Waals surface area contributed by atoms with Gasteiger partial charge in [0.25, 0.3) is 0 Å². The van der Waals surface area contributed by atoms with Crippen LogP contribution >= 0.6 is 11.6 Å². The molecule has 0 fully saturated rings. The number of hydrogen-bond donors (Lipinski definition) is 2. The SMILES string of the molecule is COc1cc(C(=O)O)cc(N)c1Cl. The van der Waals surface area contributed by atoms with E-state index in [-0.39, 0.29) is 22.0 Å². The summed E-state index contributed by atoms with van der Waals surface area (Å²) in [4.78, 5) is 10.6. The van der Waals surface area contributed by atoms with Gasteiger partial charge in [-0.15, -0.1) is 0 Å². The van der Waals surface area contributed by atoms with Crippen molar-refractivity contribution in [2.75, 3.05) is 12.8 Å². The van der Waals surface area contributed by atoms with E-state index < -0.39 is 5.97 Å². The van der Waals surface area contributed by atoms with Gasteiger partial charge in [-0.1, -0.05) is 11.6 Å². The van der Waals surface area contributed by atoms with E-state index in [2.05, 4.69) is 0 Å². The molecule has 5 heteroatoms. The Morgan fingerprint density at radius 3 is 2.69 bits per heavy atom. The van der Waals surface area contributed by atoms with Crippen LogP contribution in [0.2, 0.25) is 5.02 Å². The molecule has 70 valence electrons. The van der Waals surface area contributed by atoms with Gasteiger partial charge < -0.3 is 15.6 Å². The Bertz CT molecular complexity index is 351. The summed E-state index contributed by atoms with van der Waals surface area (Å²) in [6, 6.07) is 2.61. The predicted octanol–water partition coefficient (Wildman–Crippen LogP) is 1.63. The van der Waals surface area contributed by atoms with Crippen LogP contribution < -0.4 is 10.5 Å². The molecule has 0 aliphatic rings. The Balaban J connectivity index is 3.30. The number of nitrogen functional groups attached to an aromatic ring is 1. The Morgan fingerprint density at radius 2 is 2.23 bits per heavy atom. The quantitative estimate of drug-likeness (QED) is 0.714. The first kappa shape index (κ1) is 9.67. The van der Waals surface area contributed by atoms with Gasteiger partial charge in [-0.25, -0.2) is 4.79 Å². The van der Waals surface area contributed by atoms with Crippen LogP contribution in [0, 0.1) is 0 Å². The number of carboxylic acids is 1. The number of carbonyl (C=O) groups is 1. The summed E-state index contributed by atoms with van der Waals surface area (Å²) in [6.07, 6.45) is 0. The molecule has 0 saturated heterocycles. The zero-order chi connectivity index (χ0) is 10.0. The highest BCUT2D eigenvalue weighted by Gasteiger charge is 2.11. The van der Waals surface area contributed by atoms with Crippen LogP contribution in [0.5, 0.6) is 5.75 Å². The number of aromatic carboxylic acids is 1. The molecule has 0 amide bonds. The van der Waals surface area contributed by atoms with Crippen molar-refractivity contribution in [1.82, 2.24) is 0 Å². The van der Waals surface area contributed by atoms with Gasteiger partial charge in [-0.3, -0.25) is 0 Å². The maximum absolute atomic E-state index is 10.6. The van der Waals surface area contributed by atoms with E-state index in [0.717, 1.165) is 0 Å². The largest absolute Gasteiger partial charge is 0.495 e. The summed E-state index contributed by atoms with van der Waals surface area (Å²) in [5.41, 5.74) is 5.71. The van der Waals surface area contributed by atoms with Crippen molar-refractivity contribution < 1.29 is 14.6 Å². The lowest BCUT2D eigenvalue weighted by Crippen LogP contribution is -2.00. The smallest absolute Gasteiger partial charge is 0.335 e. The molecule has 0 aliphatic heterocycles. The fourth-order valence-electron chi connectivity index (χ4n) is 0.891. The van der Waals surface area contributed by atoms with Crippen molar-refractivity contribution in [3.05, 3.63) is 22.7 Å². The van der Waals surface area contributed by atoms with Crippen molar-refractivity contribution in [2.24, 2.45) is 0 Å². The van der Waals surface area contributed by atoms with E-state index in [4.69, 9.17) is 27.2 Å². The predicted molar refractivity (Wildman–Crippen MR) is 49.4 cm³/mol. The average molecular weight is 202 g/mol. The first-order chi connectivity index (χ1) is 6.06. The standard InChI is InChI=1S/C8H8ClNO3/c1-13-6-3-4(8(11)12)2-5(10)7(6)9/h2-3H,10H2,1H3,(H,11,12). The second-order valence-electron chi connectivity index (χ2n) is 2.39. The molecule has 0 heterocycles. The average Bonchev–Trinajstić information content (AvgIpc) is 2.09. The number of nitrogens with two attached hydrogens (primary N) is 1. The van der Waals surface area contributed by atoms with Gasteiger partial charge in [0.15, 0.2) is 0 Å². The van der Waals surface area contributed by atoms with Crippen LogP contribution in [0.1, 0.15) is 10.4 Å². The third-order valence-electron chi connectivity index (χ3n) is 1.53. The zero-order valence-electron chi connectivity index (χ0n) is 6.87. The van der Waals surface area contributed by atoms with Gasteiger partial charge in [0.2, 0.25) is 0 Å². The molecule has 0 spiro atoms. The minimum atomic E-state index is -1.07. The number of rotatable bonds is 2. The summed E-state index contributed by atoms with van der Waals surface area (Å²) in [5, 5.41) is 8.90. The van der Waals surface area contributed by atoms with Gasteiger partial charge in [0, 0.05) is 0 Å². The molecule has 0 saturated carbocycles. The van der Waals surface area contributed by atoms with Gasteiger partial charge in [-0.2, -0.15) is 0 Å². The fourth-order valence-corrected chi connectivity index (χ4v) is 1.08. The molecule has 13 heavy (non-hydrogen) atoms. The normalized spacial score (nSPS) is 9.69. The minimum absolute atomic E-state index is 0.0544. The molecule has 0 radical (unpaired) electrons. The van der Waals surface area contributed by atoms with Gasteiger partial charge >= 0.3 is 5.97 Å². The summed E-state index contributed by atoms with van der Waals surface area (Å²) in [7, 11) is 1.40. The third-order valence-corrected chi connectivity index (χ3v) is 1.94. The Labute approximate surface area is 79.9 Å². The van der Waals surface area contributed by atoms with Crippen molar-refractivity contribution in [3.63, 3.8) is 0 Å². The number of ether oxygens (including phenoxy) is 1. The molecule has 1 aromatic rings. The molecule has 4 nitrogen and oxygen atoms in total. The summed E-state index contributed by atoms with van der Waals surface area (Å²) in [5.74, 6) is -0.805. The molecule has 1 aromatic carbocycles. The van der Waals surface area contributed by atoms with E-state index >= 15 is 0 Å². The molecule has 0 bridgehead atoms. The van der Waals surface area contributed by atoms with Crippen molar-refractivity contribution >= 4 is 23.3 Å². The number of anilines is 1.